The highest BCUT2D eigenvalue weighted by molar-refractivity contribution is 7.99. The minimum Gasteiger partial charge on any atom is -0.497 e. The maximum absolute atomic E-state index is 12.1. The number of piperidine rings is 1. The summed E-state index contributed by atoms with van der Waals surface area (Å²) in [5.74, 6) is 0.579. The van der Waals surface area contributed by atoms with Gasteiger partial charge < -0.3 is 19.8 Å². The number of hydrogen-bond acceptors (Lipinski definition) is 6. The van der Waals surface area contributed by atoms with E-state index >= 15 is 0 Å². The molecule has 0 saturated carbocycles. The van der Waals surface area contributed by atoms with Crippen LogP contribution in [0.15, 0.2) is 59.6 Å². The molecule has 1 aliphatic rings. The lowest BCUT2D eigenvalue weighted by Gasteiger charge is -2.37. The van der Waals surface area contributed by atoms with Crippen molar-refractivity contribution < 1.29 is 19.7 Å². The highest BCUT2D eigenvalue weighted by atomic mass is 32.2. The van der Waals surface area contributed by atoms with E-state index in [2.05, 4.69) is 41.1 Å². The summed E-state index contributed by atoms with van der Waals surface area (Å²) in [6.07, 6.45) is 3.07. The third kappa shape index (κ3) is 6.54. The van der Waals surface area contributed by atoms with E-state index in [4.69, 9.17) is 4.74 Å². The van der Waals surface area contributed by atoms with Gasteiger partial charge in [-0.3, -0.25) is 9.78 Å². The van der Waals surface area contributed by atoms with Gasteiger partial charge in [-0.15, -0.1) is 11.8 Å². The zero-order chi connectivity index (χ0) is 24.8. The summed E-state index contributed by atoms with van der Waals surface area (Å²) in [5, 5.41) is 21.8. The van der Waals surface area contributed by atoms with Gasteiger partial charge in [-0.1, -0.05) is 17.7 Å². The quantitative estimate of drug-likeness (QED) is 0.376. The van der Waals surface area contributed by atoms with Gasteiger partial charge >= 0.3 is 5.97 Å². The number of fused-ring (bicyclic) bond motifs is 1. The summed E-state index contributed by atoms with van der Waals surface area (Å²) in [5.41, 5.74) is 2.87. The molecule has 1 fully saturated rings. The Morgan fingerprint density at radius 2 is 2.03 bits per heavy atom. The number of carboxylic acids is 1. The number of thioether (sulfide) groups is 1. The zero-order valence-electron chi connectivity index (χ0n) is 20.4. The van der Waals surface area contributed by atoms with E-state index in [1.54, 1.807) is 13.3 Å². The maximum atomic E-state index is 12.1. The number of methoxy groups -OCH3 is 1. The number of carbonyl (C=O) groups is 1. The number of pyridine rings is 1. The second kappa shape index (κ2) is 11.9. The molecule has 3 aromatic rings. The summed E-state index contributed by atoms with van der Waals surface area (Å²) in [6, 6.07) is 16.0. The van der Waals surface area contributed by atoms with Crippen LogP contribution in [-0.2, 0) is 4.79 Å². The van der Waals surface area contributed by atoms with E-state index in [-0.39, 0.29) is 5.92 Å². The Balaban J connectivity index is 1.32. The van der Waals surface area contributed by atoms with Crippen molar-refractivity contribution in [3.63, 3.8) is 0 Å². The zero-order valence-corrected chi connectivity index (χ0v) is 21.2. The van der Waals surface area contributed by atoms with E-state index < -0.39 is 18.0 Å². The van der Waals surface area contributed by atoms with Gasteiger partial charge in [0, 0.05) is 35.3 Å². The van der Waals surface area contributed by atoms with Crippen LogP contribution < -0.4 is 4.74 Å². The average molecular weight is 495 g/mol. The van der Waals surface area contributed by atoms with Crippen molar-refractivity contribution in [3.8, 4) is 5.75 Å². The standard InChI is InChI=1S/C28H34N2O4S/c1-19-3-7-22(8-4-19)35-16-15-30-14-12-20(25(18-30)28(32)33)5-10-27(31)23-11-13-29-26-9-6-21(34-2)17-24(23)26/h3-4,6-9,11,13,17,20,25,27,31H,5,10,12,14-16,18H2,1-2H3,(H,32,33)/t20-,25+,27-/m1/s1. The lowest BCUT2D eigenvalue weighted by molar-refractivity contribution is -0.146. The number of aliphatic carboxylic acids is 1. The minimum atomic E-state index is -0.737. The first-order chi connectivity index (χ1) is 16.9. The van der Waals surface area contributed by atoms with Gasteiger partial charge in [0.25, 0.3) is 0 Å². The predicted octanol–water partition coefficient (Wildman–Crippen LogP) is 5.18. The Hall–Kier alpha value is -2.61. The third-order valence-corrected chi connectivity index (χ3v) is 8.00. The third-order valence-electron chi connectivity index (χ3n) is 7.01. The molecule has 7 heteroatoms. The van der Waals surface area contributed by atoms with Gasteiger partial charge in [-0.25, -0.2) is 0 Å². The largest absolute Gasteiger partial charge is 0.497 e. The number of rotatable bonds is 10. The Bertz CT molecular complexity index is 1140. The van der Waals surface area contributed by atoms with Gasteiger partial charge in [0.1, 0.15) is 5.75 Å². The van der Waals surface area contributed by atoms with Gasteiger partial charge in [-0.2, -0.15) is 0 Å². The van der Waals surface area contributed by atoms with E-state index in [0.717, 1.165) is 47.5 Å². The first kappa shape index (κ1) is 25.5. The molecule has 186 valence electrons. The highest BCUT2D eigenvalue weighted by Gasteiger charge is 2.34. The van der Waals surface area contributed by atoms with E-state index in [1.165, 1.54) is 10.5 Å². The number of aromatic nitrogens is 1. The van der Waals surface area contributed by atoms with Crippen molar-refractivity contribution in [1.82, 2.24) is 9.88 Å². The monoisotopic (exact) mass is 494 g/mol. The number of likely N-dealkylation sites (tertiary alicyclic amines) is 1. The molecule has 0 spiro atoms. The van der Waals surface area contributed by atoms with E-state index in [9.17, 15) is 15.0 Å². The molecule has 2 N–H and O–H groups in total. The molecule has 0 bridgehead atoms. The molecule has 35 heavy (non-hydrogen) atoms. The summed E-state index contributed by atoms with van der Waals surface area (Å²) < 4.78 is 5.34. The molecule has 0 aliphatic carbocycles. The van der Waals surface area contributed by atoms with Crippen molar-refractivity contribution >= 4 is 28.6 Å². The molecule has 0 radical (unpaired) electrons. The number of benzene rings is 2. The van der Waals surface area contributed by atoms with Gasteiger partial charge in [0.05, 0.1) is 24.6 Å². The molecular formula is C28H34N2O4S. The van der Waals surface area contributed by atoms with Crippen LogP contribution in [-0.4, -0.2) is 58.6 Å². The predicted molar refractivity (Wildman–Crippen MR) is 140 cm³/mol. The van der Waals surface area contributed by atoms with Gasteiger partial charge in [0.2, 0.25) is 0 Å². The van der Waals surface area contributed by atoms with Crippen LogP contribution in [0.1, 0.15) is 36.5 Å². The van der Waals surface area contributed by atoms with Crippen LogP contribution in [0.25, 0.3) is 10.9 Å². The number of ether oxygens (including phenoxy) is 1. The van der Waals surface area contributed by atoms with Crippen molar-refractivity contribution in [2.45, 2.75) is 37.2 Å². The van der Waals surface area contributed by atoms with Crippen molar-refractivity contribution in [2.24, 2.45) is 11.8 Å². The Morgan fingerprint density at radius 1 is 1.23 bits per heavy atom. The topological polar surface area (TPSA) is 82.9 Å². The van der Waals surface area contributed by atoms with E-state index in [0.29, 0.717) is 19.4 Å². The van der Waals surface area contributed by atoms with Crippen LogP contribution in [0.2, 0.25) is 0 Å². The first-order valence-corrected chi connectivity index (χ1v) is 13.2. The Kier molecular flexibility index (Phi) is 8.65. The Morgan fingerprint density at radius 3 is 2.77 bits per heavy atom. The van der Waals surface area contributed by atoms with E-state index in [1.807, 2.05) is 36.0 Å². The smallest absolute Gasteiger partial charge is 0.308 e. The van der Waals surface area contributed by atoms with Gasteiger partial charge in [0.15, 0.2) is 0 Å². The van der Waals surface area contributed by atoms with Crippen LogP contribution >= 0.6 is 11.8 Å². The molecule has 2 aromatic carbocycles. The van der Waals surface area contributed by atoms with Crippen LogP contribution in [0.4, 0.5) is 0 Å². The van der Waals surface area contributed by atoms with Crippen LogP contribution in [0.3, 0.4) is 0 Å². The highest BCUT2D eigenvalue weighted by Crippen LogP contribution is 2.34. The van der Waals surface area contributed by atoms with Crippen molar-refractivity contribution in [2.75, 3.05) is 32.5 Å². The second-order valence-electron chi connectivity index (χ2n) is 9.33. The van der Waals surface area contributed by atoms with Gasteiger partial charge in [-0.05, 0) is 80.6 Å². The molecule has 1 aliphatic heterocycles. The number of hydrogen-bond donors (Lipinski definition) is 2. The fourth-order valence-electron chi connectivity index (χ4n) is 4.92. The number of nitrogens with zero attached hydrogens (tertiary/aromatic N) is 2. The fraction of sp³-hybridized carbons (Fsp3) is 0.429. The molecule has 6 nitrogen and oxygen atoms in total. The fourth-order valence-corrected chi connectivity index (χ4v) is 5.83. The summed E-state index contributed by atoms with van der Waals surface area (Å²) in [6.45, 7) is 4.43. The molecule has 0 unspecified atom stereocenters. The second-order valence-corrected chi connectivity index (χ2v) is 10.5. The molecule has 0 amide bonds. The summed E-state index contributed by atoms with van der Waals surface area (Å²) in [7, 11) is 1.62. The number of aryl methyl sites for hydroxylation is 1. The number of aliphatic hydroxyl groups excluding tert-OH is 1. The SMILES string of the molecule is COc1ccc2nccc([C@H](O)CC[C@@H]3CCN(CCSc4ccc(C)cc4)C[C@@H]3C(=O)O)c2c1. The molecule has 1 saturated heterocycles. The number of carboxylic acid groups (broad SMARTS) is 1. The summed E-state index contributed by atoms with van der Waals surface area (Å²) in [4.78, 5) is 20.0. The number of aliphatic hydroxyl groups is 1. The van der Waals surface area contributed by atoms with Crippen molar-refractivity contribution in [1.29, 1.82) is 0 Å². The average Bonchev–Trinajstić information content (AvgIpc) is 2.88. The molecule has 4 rings (SSSR count). The molecule has 2 heterocycles. The first-order valence-electron chi connectivity index (χ1n) is 12.2. The van der Waals surface area contributed by atoms with Crippen molar-refractivity contribution in [3.05, 3.63) is 65.9 Å². The molecule has 3 atom stereocenters. The normalized spacial score (nSPS) is 19.5. The summed E-state index contributed by atoms with van der Waals surface area (Å²) >= 11 is 1.81. The van der Waals surface area contributed by atoms with Crippen LogP contribution in [0.5, 0.6) is 5.75 Å². The van der Waals surface area contributed by atoms with Crippen LogP contribution in [0, 0.1) is 18.8 Å². The minimum absolute atomic E-state index is 0.0609. The lowest BCUT2D eigenvalue weighted by Crippen LogP contribution is -2.44. The maximum Gasteiger partial charge on any atom is 0.308 e. The molecule has 1 aromatic heterocycles. The molecular weight excluding hydrogens is 460 g/mol. The lowest BCUT2D eigenvalue weighted by atomic mass is 9.81. The Labute approximate surface area is 211 Å².